The summed E-state index contributed by atoms with van der Waals surface area (Å²) in [5, 5.41) is 3.09. The van der Waals surface area contributed by atoms with Crippen molar-refractivity contribution in [1.29, 1.82) is 0 Å². The summed E-state index contributed by atoms with van der Waals surface area (Å²) < 4.78 is 0. The molecule has 0 spiro atoms. The molecule has 98 valence electrons. The van der Waals surface area contributed by atoms with Crippen molar-refractivity contribution in [3.05, 3.63) is 71.3 Å². The number of hydrogen-bond acceptors (Lipinski definition) is 1. The number of amides is 1. The maximum absolute atomic E-state index is 11.7. The van der Waals surface area contributed by atoms with Crippen LogP contribution in [0.15, 0.2) is 54.6 Å². The van der Waals surface area contributed by atoms with Gasteiger partial charge in [-0.25, -0.2) is 0 Å². The summed E-state index contributed by atoms with van der Waals surface area (Å²) in [6.07, 6.45) is 0.495. The lowest BCUT2D eigenvalue weighted by atomic mass is 9.97. The second-order valence-electron chi connectivity index (χ2n) is 4.68. The first-order valence-corrected chi connectivity index (χ1v) is 6.61. The van der Waals surface area contributed by atoms with Crippen LogP contribution < -0.4 is 5.32 Å². The van der Waals surface area contributed by atoms with Crippen LogP contribution in [-0.4, -0.2) is 5.91 Å². The Bertz CT molecular complexity index is 548. The number of benzene rings is 2. The van der Waals surface area contributed by atoms with E-state index in [1.807, 2.05) is 43.3 Å². The molecule has 2 nitrogen and oxygen atoms in total. The Morgan fingerprint density at radius 1 is 1.05 bits per heavy atom. The third-order valence-corrected chi connectivity index (χ3v) is 3.13. The fraction of sp³-hybridized carbons (Fsp3) is 0.235. The van der Waals surface area contributed by atoms with E-state index >= 15 is 0 Å². The molecule has 1 N–H and O–H groups in total. The summed E-state index contributed by atoms with van der Waals surface area (Å²) in [5.74, 6) is 0.0651. The number of aryl methyl sites for hydroxylation is 1. The quantitative estimate of drug-likeness (QED) is 0.886. The third-order valence-electron chi connectivity index (χ3n) is 3.13. The molecule has 2 heteroatoms. The highest BCUT2D eigenvalue weighted by Crippen LogP contribution is 2.22. The average Bonchev–Trinajstić information content (AvgIpc) is 2.45. The average molecular weight is 253 g/mol. The highest BCUT2D eigenvalue weighted by Gasteiger charge is 2.15. The van der Waals surface area contributed by atoms with Crippen LogP contribution in [0.4, 0.5) is 0 Å². The van der Waals surface area contributed by atoms with Crippen molar-refractivity contribution in [2.24, 2.45) is 0 Å². The highest BCUT2D eigenvalue weighted by atomic mass is 16.1. The second kappa shape index (κ2) is 6.19. The third kappa shape index (κ3) is 3.44. The van der Waals surface area contributed by atoms with E-state index in [0.717, 1.165) is 11.1 Å². The Labute approximate surface area is 114 Å². The molecule has 0 saturated carbocycles. The van der Waals surface area contributed by atoms with Crippen molar-refractivity contribution in [2.45, 2.75) is 26.3 Å². The Kier molecular flexibility index (Phi) is 4.35. The maximum atomic E-state index is 11.7. The van der Waals surface area contributed by atoms with Gasteiger partial charge >= 0.3 is 0 Å². The highest BCUT2D eigenvalue weighted by molar-refractivity contribution is 5.76. The Balaban J connectivity index is 2.37. The Hall–Kier alpha value is -2.09. The molecular formula is C17H19NO. The molecule has 0 fully saturated rings. The normalized spacial score (nSPS) is 11.9. The van der Waals surface area contributed by atoms with Crippen LogP contribution in [0.5, 0.6) is 0 Å². The van der Waals surface area contributed by atoms with Crippen molar-refractivity contribution in [1.82, 2.24) is 5.32 Å². The van der Waals surface area contributed by atoms with Crippen LogP contribution in [-0.2, 0) is 4.79 Å². The van der Waals surface area contributed by atoms with Crippen LogP contribution >= 0.6 is 0 Å². The molecule has 1 amide bonds. The van der Waals surface area contributed by atoms with Gasteiger partial charge in [-0.05, 0) is 18.1 Å². The van der Waals surface area contributed by atoms with E-state index in [2.05, 4.69) is 30.4 Å². The molecule has 0 saturated heterocycles. The largest absolute Gasteiger partial charge is 0.345 e. The zero-order valence-electron chi connectivity index (χ0n) is 11.4. The molecule has 0 aliphatic heterocycles. The van der Waals surface area contributed by atoms with Gasteiger partial charge in [0.05, 0.1) is 6.04 Å². The number of carbonyl (C=O) groups is 1. The lowest BCUT2D eigenvalue weighted by molar-refractivity contribution is -0.121. The van der Waals surface area contributed by atoms with Gasteiger partial charge in [-0.1, -0.05) is 67.1 Å². The van der Waals surface area contributed by atoms with Crippen LogP contribution in [0.2, 0.25) is 0 Å². The smallest absolute Gasteiger partial charge is 0.220 e. The number of rotatable bonds is 4. The standard InChI is InChI=1S/C17H19NO/c1-3-16(19)18-17(14-9-5-4-6-10-14)15-11-7-8-13(2)12-15/h4-12,17H,3H2,1-2H3,(H,18,19)/t17-/m0/s1. The molecule has 19 heavy (non-hydrogen) atoms. The molecule has 0 aliphatic carbocycles. The lowest BCUT2D eigenvalue weighted by Gasteiger charge is -2.20. The van der Waals surface area contributed by atoms with Crippen LogP contribution in [0.25, 0.3) is 0 Å². The van der Waals surface area contributed by atoms with Crippen molar-refractivity contribution in [2.75, 3.05) is 0 Å². The number of nitrogens with one attached hydrogen (secondary N) is 1. The van der Waals surface area contributed by atoms with Gasteiger partial charge in [0.25, 0.3) is 0 Å². The summed E-state index contributed by atoms with van der Waals surface area (Å²) in [4.78, 5) is 11.7. The summed E-state index contributed by atoms with van der Waals surface area (Å²) in [6.45, 7) is 3.93. The second-order valence-corrected chi connectivity index (χ2v) is 4.68. The first-order valence-electron chi connectivity index (χ1n) is 6.61. The minimum atomic E-state index is -0.0754. The summed E-state index contributed by atoms with van der Waals surface area (Å²) in [6, 6.07) is 18.3. The van der Waals surface area contributed by atoms with Crippen LogP contribution in [0, 0.1) is 6.92 Å². The lowest BCUT2D eigenvalue weighted by Crippen LogP contribution is -2.28. The van der Waals surface area contributed by atoms with E-state index < -0.39 is 0 Å². The zero-order valence-corrected chi connectivity index (χ0v) is 11.4. The molecule has 0 heterocycles. The van der Waals surface area contributed by atoms with Crippen LogP contribution in [0.1, 0.15) is 36.1 Å². The predicted molar refractivity (Wildman–Crippen MR) is 77.9 cm³/mol. The monoisotopic (exact) mass is 253 g/mol. The molecule has 1 atom stereocenters. The van der Waals surface area contributed by atoms with Crippen molar-refractivity contribution >= 4 is 5.91 Å². The van der Waals surface area contributed by atoms with E-state index in [9.17, 15) is 4.79 Å². The van der Waals surface area contributed by atoms with E-state index in [4.69, 9.17) is 0 Å². The van der Waals surface area contributed by atoms with Gasteiger partial charge in [0.1, 0.15) is 0 Å². The van der Waals surface area contributed by atoms with Gasteiger partial charge in [0.15, 0.2) is 0 Å². The number of carbonyl (C=O) groups excluding carboxylic acids is 1. The minimum Gasteiger partial charge on any atom is -0.345 e. The van der Waals surface area contributed by atoms with Crippen LogP contribution in [0.3, 0.4) is 0 Å². The Morgan fingerprint density at radius 3 is 2.37 bits per heavy atom. The number of hydrogen-bond donors (Lipinski definition) is 1. The predicted octanol–water partition coefficient (Wildman–Crippen LogP) is 3.61. The molecule has 0 aromatic heterocycles. The van der Waals surface area contributed by atoms with Gasteiger partial charge < -0.3 is 5.32 Å². The van der Waals surface area contributed by atoms with E-state index in [-0.39, 0.29) is 11.9 Å². The van der Waals surface area contributed by atoms with E-state index in [1.165, 1.54) is 5.56 Å². The summed E-state index contributed by atoms with van der Waals surface area (Å²) in [7, 11) is 0. The van der Waals surface area contributed by atoms with Gasteiger partial charge in [-0.2, -0.15) is 0 Å². The molecule has 2 aromatic rings. The first kappa shape index (κ1) is 13.3. The van der Waals surface area contributed by atoms with Crippen molar-refractivity contribution in [3.8, 4) is 0 Å². The van der Waals surface area contributed by atoms with E-state index in [0.29, 0.717) is 6.42 Å². The molecule has 0 radical (unpaired) electrons. The first-order chi connectivity index (χ1) is 9.20. The fourth-order valence-electron chi connectivity index (χ4n) is 2.12. The SMILES string of the molecule is CCC(=O)N[C@@H](c1ccccc1)c1cccc(C)c1. The maximum Gasteiger partial charge on any atom is 0.220 e. The molecule has 0 bridgehead atoms. The molecule has 0 unspecified atom stereocenters. The van der Waals surface area contributed by atoms with Gasteiger partial charge in [0.2, 0.25) is 5.91 Å². The molecular weight excluding hydrogens is 234 g/mol. The minimum absolute atomic E-state index is 0.0651. The van der Waals surface area contributed by atoms with Crippen molar-refractivity contribution in [3.63, 3.8) is 0 Å². The molecule has 2 rings (SSSR count). The summed E-state index contributed by atoms with van der Waals surface area (Å²) >= 11 is 0. The fourth-order valence-corrected chi connectivity index (χ4v) is 2.12. The van der Waals surface area contributed by atoms with Crippen molar-refractivity contribution < 1.29 is 4.79 Å². The Morgan fingerprint density at radius 2 is 1.74 bits per heavy atom. The summed E-state index contributed by atoms with van der Waals surface area (Å²) in [5.41, 5.74) is 3.42. The topological polar surface area (TPSA) is 29.1 Å². The molecule has 0 aliphatic rings. The van der Waals surface area contributed by atoms with Gasteiger partial charge in [-0.15, -0.1) is 0 Å². The van der Waals surface area contributed by atoms with Gasteiger partial charge in [0, 0.05) is 6.42 Å². The molecule has 2 aromatic carbocycles. The van der Waals surface area contributed by atoms with Gasteiger partial charge in [-0.3, -0.25) is 4.79 Å². The van der Waals surface area contributed by atoms with E-state index in [1.54, 1.807) is 0 Å². The zero-order chi connectivity index (χ0) is 13.7.